The number of halogens is 1. The van der Waals surface area contributed by atoms with Gasteiger partial charge >= 0.3 is 0 Å². The molecule has 0 saturated carbocycles. The summed E-state index contributed by atoms with van der Waals surface area (Å²) < 4.78 is 18.3. The van der Waals surface area contributed by atoms with Crippen LogP contribution in [-0.4, -0.2) is 18.4 Å². The van der Waals surface area contributed by atoms with E-state index < -0.39 is 5.82 Å². The van der Waals surface area contributed by atoms with E-state index in [4.69, 9.17) is 4.74 Å². The maximum atomic E-state index is 13.4. The Balaban J connectivity index is 2.52. The van der Waals surface area contributed by atoms with Crippen molar-refractivity contribution in [2.45, 2.75) is 0 Å². The normalized spacial score (nSPS) is 10.0. The molecule has 0 radical (unpaired) electrons. The van der Waals surface area contributed by atoms with E-state index in [0.29, 0.717) is 23.3 Å². The summed E-state index contributed by atoms with van der Waals surface area (Å²) in [5.41, 5.74) is 1.24. The van der Waals surface area contributed by atoms with Gasteiger partial charge in [0.1, 0.15) is 5.82 Å². The molecule has 3 nitrogen and oxygen atoms in total. The van der Waals surface area contributed by atoms with Gasteiger partial charge in [-0.15, -0.1) is 0 Å². The number of ether oxygens (including phenoxy) is 1. The molecule has 1 aromatic heterocycles. The Bertz CT molecular complexity index is 538. The fourth-order valence-corrected chi connectivity index (χ4v) is 1.57. The first-order chi connectivity index (χ1) is 8.26. The highest BCUT2D eigenvalue weighted by molar-refractivity contribution is 5.87. The van der Waals surface area contributed by atoms with E-state index in [1.165, 1.54) is 13.2 Å². The largest absolute Gasteiger partial charge is 0.481 e. The molecule has 0 amide bonds. The van der Waals surface area contributed by atoms with Crippen molar-refractivity contribution in [1.82, 2.24) is 4.98 Å². The first-order valence-electron chi connectivity index (χ1n) is 5.00. The van der Waals surface area contributed by atoms with E-state index in [1.807, 2.05) is 0 Å². The van der Waals surface area contributed by atoms with Crippen LogP contribution in [0.25, 0.3) is 11.1 Å². The second-order valence-corrected chi connectivity index (χ2v) is 3.41. The van der Waals surface area contributed by atoms with Gasteiger partial charge < -0.3 is 4.74 Å². The second kappa shape index (κ2) is 4.74. The van der Waals surface area contributed by atoms with Gasteiger partial charge in [0.05, 0.1) is 12.7 Å². The highest BCUT2D eigenvalue weighted by atomic mass is 19.1. The Morgan fingerprint density at radius 2 is 2.12 bits per heavy atom. The summed E-state index contributed by atoms with van der Waals surface area (Å²) in [4.78, 5) is 14.9. The molecule has 2 rings (SSSR count). The van der Waals surface area contributed by atoms with Gasteiger partial charge in [-0.25, -0.2) is 9.37 Å². The molecule has 0 spiro atoms. The summed E-state index contributed by atoms with van der Waals surface area (Å²) in [7, 11) is 1.51. The van der Waals surface area contributed by atoms with Crippen LogP contribution in [0.3, 0.4) is 0 Å². The molecule has 0 atom stereocenters. The summed E-state index contributed by atoms with van der Waals surface area (Å²) in [5.74, 6) is -0.0638. The minimum Gasteiger partial charge on any atom is -0.481 e. The van der Waals surface area contributed by atoms with Gasteiger partial charge in [-0.2, -0.15) is 0 Å². The lowest BCUT2D eigenvalue weighted by atomic mass is 10.0. The van der Waals surface area contributed by atoms with Crippen LogP contribution in [-0.2, 0) is 0 Å². The van der Waals surface area contributed by atoms with E-state index in [0.717, 1.165) is 0 Å². The van der Waals surface area contributed by atoms with Gasteiger partial charge in [0.25, 0.3) is 0 Å². The molecule has 0 aliphatic heterocycles. The molecule has 0 saturated heterocycles. The van der Waals surface area contributed by atoms with Crippen molar-refractivity contribution >= 4 is 6.29 Å². The molecule has 17 heavy (non-hydrogen) atoms. The molecular formula is C13H10FNO2. The summed E-state index contributed by atoms with van der Waals surface area (Å²) in [6.07, 6.45) is 2.05. The first kappa shape index (κ1) is 11.3. The van der Waals surface area contributed by atoms with Gasteiger partial charge in [-0.3, -0.25) is 4.79 Å². The fourth-order valence-electron chi connectivity index (χ4n) is 1.57. The smallest absolute Gasteiger partial charge is 0.212 e. The predicted octanol–water partition coefficient (Wildman–Crippen LogP) is 2.71. The molecule has 0 aliphatic rings. The number of hydrogen-bond donors (Lipinski definition) is 0. The van der Waals surface area contributed by atoms with E-state index in [1.54, 1.807) is 30.5 Å². The van der Waals surface area contributed by atoms with Crippen LogP contribution in [0.15, 0.2) is 36.5 Å². The van der Waals surface area contributed by atoms with Crippen molar-refractivity contribution in [1.29, 1.82) is 0 Å². The van der Waals surface area contributed by atoms with Crippen molar-refractivity contribution in [3.8, 4) is 17.0 Å². The topological polar surface area (TPSA) is 39.2 Å². The number of carbonyl (C=O) groups excluding carboxylic acids is 1. The monoisotopic (exact) mass is 231 g/mol. The van der Waals surface area contributed by atoms with E-state index in [-0.39, 0.29) is 5.56 Å². The van der Waals surface area contributed by atoms with Crippen LogP contribution in [0.2, 0.25) is 0 Å². The second-order valence-electron chi connectivity index (χ2n) is 3.41. The molecule has 0 bridgehead atoms. The summed E-state index contributed by atoms with van der Waals surface area (Å²) in [6, 6.07) is 7.88. The number of pyridine rings is 1. The zero-order chi connectivity index (χ0) is 12.3. The van der Waals surface area contributed by atoms with Crippen molar-refractivity contribution in [3.63, 3.8) is 0 Å². The number of hydrogen-bond acceptors (Lipinski definition) is 3. The highest BCUT2D eigenvalue weighted by Gasteiger charge is 2.09. The molecule has 86 valence electrons. The van der Waals surface area contributed by atoms with Gasteiger partial charge in [-0.05, 0) is 17.7 Å². The lowest BCUT2D eigenvalue weighted by Gasteiger charge is -2.06. The van der Waals surface area contributed by atoms with E-state index in [2.05, 4.69) is 4.98 Å². The third kappa shape index (κ3) is 2.15. The maximum absolute atomic E-state index is 13.4. The van der Waals surface area contributed by atoms with Crippen LogP contribution in [0.5, 0.6) is 5.88 Å². The summed E-state index contributed by atoms with van der Waals surface area (Å²) >= 11 is 0. The third-order valence-corrected chi connectivity index (χ3v) is 2.43. The summed E-state index contributed by atoms with van der Waals surface area (Å²) in [5, 5.41) is 0. The minimum absolute atomic E-state index is 0.0412. The number of aromatic nitrogens is 1. The molecule has 1 aromatic carbocycles. The van der Waals surface area contributed by atoms with Crippen molar-refractivity contribution in [2.24, 2.45) is 0 Å². The number of nitrogens with zero attached hydrogens (tertiary/aromatic N) is 1. The van der Waals surface area contributed by atoms with Crippen molar-refractivity contribution < 1.29 is 13.9 Å². The Labute approximate surface area is 97.9 Å². The Morgan fingerprint density at radius 3 is 2.71 bits per heavy atom. The highest BCUT2D eigenvalue weighted by Crippen LogP contribution is 2.24. The van der Waals surface area contributed by atoms with Gasteiger partial charge in [0.2, 0.25) is 5.88 Å². The number of carbonyl (C=O) groups is 1. The number of aldehydes is 1. The molecule has 0 N–H and O–H groups in total. The Kier molecular flexibility index (Phi) is 3.14. The molecule has 2 aromatic rings. The molecular weight excluding hydrogens is 221 g/mol. The number of benzene rings is 1. The van der Waals surface area contributed by atoms with Crippen LogP contribution < -0.4 is 4.74 Å². The Hall–Kier alpha value is -2.23. The number of rotatable bonds is 3. The molecule has 4 heteroatoms. The fraction of sp³-hybridized carbons (Fsp3) is 0.0769. The van der Waals surface area contributed by atoms with Crippen LogP contribution in [0.1, 0.15) is 10.4 Å². The van der Waals surface area contributed by atoms with Crippen LogP contribution >= 0.6 is 0 Å². The average molecular weight is 231 g/mol. The average Bonchev–Trinajstić information content (AvgIpc) is 2.38. The van der Waals surface area contributed by atoms with E-state index >= 15 is 0 Å². The molecule has 1 heterocycles. The van der Waals surface area contributed by atoms with Crippen molar-refractivity contribution in [2.75, 3.05) is 7.11 Å². The van der Waals surface area contributed by atoms with Gasteiger partial charge in [0, 0.05) is 17.8 Å². The molecule has 0 aliphatic carbocycles. The lowest BCUT2D eigenvalue weighted by molar-refractivity contribution is 0.112. The molecule has 0 unspecified atom stereocenters. The minimum atomic E-state index is -0.534. The predicted molar refractivity (Wildman–Crippen MR) is 61.6 cm³/mol. The summed E-state index contributed by atoms with van der Waals surface area (Å²) in [6.45, 7) is 0. The van der Waals surface area contributed by atoms with Crippen LogP contribution in [0, 0.1) is 5.82 Å². The Morgan fingerprint density at radius 1 is 1.29 bits per heavy atom. The SMILES string of the molecule is COc1ccc(-c2cccc(F)c2C=O)cn1. The zero-order valence-electron chi connectivity index (χ0n) is 9.18. The zero-order valence-corrected chi connectivity index (χ0v) is 9.18. The van der Waals surface area contributed by atoms with Gasteiger partial charge in [-0.1, -0.05) is 12.1 Å². The number of methoxy groups -OCH3 is 1. The standard InChI is InChI=1S/C13H10FNO2/c1-17-13-6-5-9(7-15-13)10-3-2-4-12(14)11(10)8-16/h2-8H,1H3. The lowest BCUT2D eigenvalue weighted by Crippen LogP contribution is -1.93. The first-order valence-corrected chi connectivity index (χ1v) is 5.00. The quantitative estimate of drug-likeness (QED) is 0.762. The van der Waals surface area contributed by atoms with Crippen LogP contribution in [0.4, 0.5) is 4.39 Å². The molecule has 0 fully saturated rings. The maximum Gasteiger partial charge on any atom is 0.212 e. The van der Waals surface area contributed by atoms with E-state index in [9.17, 15) is 9.18 Å². The third-order valence-electron chi connectivity index (χ3n) is 2.43. The van der Waals surface area contributed by atoms with Crippen molar-refractivity contribution in [3.05, 3.63) is 47.9 Å². The van der Waals surface area contributed by atoms with Gasteiger partial charge in [0.15, 0.2) is 6.29 Å².